The molecule has 0 atom stereocenters. The van der Waals surface area contributed by atoms with Gasteiger partial charge in [-0.3, -0.25) is 4.79 Å². The van der Waals surface area contributed by atoms with Gasteiger partial charge in [-0.05, 0) is 12.6 Å². The quantitative estimate of drug-likeness (QED) is 0.374. The normalized spacial score (nSPS) is 18.9. The van der Waals surface area contributed by atoms with Crippen LogP contribution < -0.4 is 0 Å². The van der Waals surface area contributed by atoms with Gasteiger partial charge in [-0.1, -0.05) is 5.11 Å². The molecule has 14 heavy (non-hydrogen) atoms. The van der Waals surface area contributed by atoms with Gasteiger partial charge in [0, 0.05) is 44.1 Å². The summed E-state index contributed by atoms with van der Waals surface area (Å²) in [4.78, 5) is 18.1. The third kappa shape index (κ3) is 3.24. The summed E-state index contributed by atoms with van der Waals surface area (Å²) in [6.07, 6.45) is 0.562. The Labute approximate surface area is 83.1 Å². The SMILES string of the molecule is CN1CCC(=O)N(CCN=[N+]=[N-])CC1. The van der Waals surface area contributed by atoms with E-state index in [2.05, 4.69) is 14.9 Å². The van der Waals surface area contributed by atoms with E-state index in [-0.39, 0.29) is 5.91 Å². The van der Waals surface area contributed by atoms with E-state index >= 15 is 0 Å². The number of carbonyl (C=O) groups excluding carboxylic acids is 1. The molecule has 0 unspecified atom stereocenters. The molecular weight excluding hydrogens is 182 g/mol. The van der Waals surface area contributed by atoms with Crippen LogP contribution >= 0.6 is 0 Å². The summed E-state index contributed by atoms with van der Waals surface area (Å²) in [7, 11) is 2.00. The monoisotopic (exact) mass is 197 g/mol. The van der Waals surface area contributed by atoms with Crippen molar-refractivity contribution in [1.29, 1.82) is 0 Å². The fourth-order valence-electron chi connectivity index (χ4n) is 1.42. The first-order valence-corrected chi connectivity index (χ1v) is 4.71. The lowest BCUT2D eigenvalue weighted by Crippen LogP contribution is -2.34. The number of azide groups is 1. The second-order valence-electron chi connectivity index (χ2n) is 3.39. The van der Waals surface area contributed by atoms with Crippen LogP contribution in [0.4, 0.5) is 0 Å². The van der Waals surface area contributed by atoms with Crippen LogP contribution in [0.1, 0.15) is 6.42 Å². The van der Waals surface area contributed by atoms with Crippen molar-refractivity contribution < 1.29 is 4.79 Å². The Morgan fingerprint density at radius 3 is 3.00 bits per heavy atom. The maximum atomic E-state index is 11.5. The number of rotatable bonds is 3. The van der Waals surface area contributed by atoms with E-state index in [1.54, 1.807) is 4.90 Å². The first kappa shape index (κ1) is 10.8. The van der Waals surface area contributed by atoms with Gasteiger partial charge >= 0.3 is 0 Å². The second-order valence-corrected chi connectivity index (χ2v) is 3.39. The standard InChI is InChI=1S/C8H15N5O/c1-12-4-2-8(14)13(7-6-12)5-3-10-11-9/h2-7H2,1H3. The van der Waals surface area contributed by atoms with Crippen molar-refractivity contribution in [3.63, 3.8) is 0 Å². The highest BCUT2D eigenvalue weighted by Gasteiger charge is 2.17. The average Bonchev–Trinajstić information content (AvgIpc) is 2.33. The van der Waals surface area contributed by atoms with Crippen molar-refractivity contribution >= 4 is 5.91 Å². The molecule has 0 saturated carbocycles. The van der Waals surface area contributed by atoms with Gasteiger partial charge in [-0.2, -0.15) is 0 Å². The predicted octanol–water partition coefficient (Wildman–Crippen LogP) is 0.461. The molecule has 1 aliphatic heterocycles. The van der Waals surface area contributed by atoms with E-state index in [1.165, 1.54) is 0 Å². The summed E-state index contributed by atoms with van der Waals surface area (Å²) < 4.78 is 0. The molecule has 0 bridgehead atoms. The molecule has 6 heteroatoms. The summed E-state index contributed by atoms with van der Waals surface area (Å²) in [6.45, 7) is 3.35. The average molecular weight is 197 g/mol. The third-order valence-corrected chi connectivity index (χ3v) is 2.34. The zero-order valence-corrected chi connectivity index (χ0v) is 8.39. The Bertz CT molecular complexity index is 248. The van der Waals surface area contributed by atoms with Gasteiger partial charge in [0.05, 0.1) is 0 Å². The molecule has 0 spiro atoms. The van der Waals surface area contributed by atoms with Crippen LogP contribution in [0.15, 0.2) is 5.11 Å². The molecule has 6 nitrogen and oxygen atoms in total. The summed E-state index contributed by atoms with van der Waals surface area (Å²) in [5.74, 6) is 0.155. The molecule has 0 aliphatic carbocycles. The maximum absolute atomic E-state index is 11.5. The van der Waals surface area contributed by atoms with Gasteiger partial charge in [-0.25, -0.2) is 0 Å². The fourth-order valence-corrected chi connectivity index (χ4v) is 1.42. The lowest BCUT2D eigenvalue weighted by Gasteiger charge is -2.19. The molecule has 0 aromatic heterocycles. The Morgan fingerprint density at radius 1 is 1.50 bits per heavy atom. The molecule has 1 aliphatic rings. The molecule has 0 aromatic rings. The number of hydrogen-bond donors (Lipinski definition) is 0. The van der Waals surface area contributed by atoms with Gasteiger partial charge < -0.3 is 9.80 Å². The molecule has 1 fully saturated rings. The number of likely N-dealkylation sites (N-methyl/N-ethyl adjacent to an activating group) is 1. The van der Waals surface area contributed by atoms with E-state index in [1.807, 2.05) is 7.05 Å². The van der Waals surface area contributed by atoms with Gasteiger partial charge in [0.1, 0.15) is 0 Å². The summed E-state index contributed by atoms with van der Waals surface area (Å²) in [5, 5.41) is 3.42. The lowest BCUT2D eigenvalue weighted by atomic mass is 10.3. The highest BCUT2D eigenvalue weighted by atomic mass is 16.2. The van der Waals surface area contributed by atoms with E-state index in [4.69, 9.17) is 5.53 Å². The van der Waals surface area contributed by atoms with Crippen molar-refractivity contribution in [2.75, 3.05) is 39.8 Å². The molecule has 1 rings (SSSR count). The number of nitrogens with zero attached hydrogens (tertiary/aromatic N) is 5. The first-order valence-electron chi connectivity index (χ1n) is 4.71. The molecule has 0 aromatic carbocycles. The van der Waals surface area contributed by atoms with Crippen LogP contribution in [-0.4, -0.2) is 55.5 Å². The van der Waals surface area contributed by atoms with Gasteiger partial charge in [0.25, 0.3) is 0 Å². The second kappa shape index (κ2) is 5.47. The summed E-state index contributed by atoms with van der Waals surface area (Å²) in [5.41, 5.74) is 8.11. The summed E-state index contributed by atoms with van der Waals surface area (Å²) >= 11 is 0. The van der Waals surface area contributed by atoms with Crippen LogP contribution in [0.2, 0.25) is 0 Å². The molecule has 1 heterocycles. The minimum Gasteiger partial charge on any atom is -0.341 e. The maximum Gasteiger partial charge on any atom is 0.223 e. The Balaban J connectivity index is 2.41. The number of hydrogen-bond acceptors (Lipinski definition) is 3. The first-order chi connectivity index (χ1) is 6.74. The highest BCUT2D eigenvalue weighted by molar-refractivity contribution is 5.76. The molecular formula is C8H15N5O. The molecule has 78 valence electrons. The van der Waals surface area contributed by atoms with Crippen LogP contribution in [0.5, 0.6) is 0 Å². The summed E-state index contributed by atoms with van der Waals surface area (Å²) in [6, 6.07) is 0. The van der Waals surface area contributed by atoms with E-state index in [0.29, 0.717) is 19.5 Å². The molecule has 1 amide bonds. The van der Waals surface area contributed by atoms with Crippen LogP contribution in [0.25, 0.3) is 10.4 Å². The van der Waals surface area contributed by atoms with E-state index in [0.717, 1.165) is 19.6 Å². The van der Waals surface area contributed by atoms with Crippen molar-refractivity contribution in [3.05, 3.63) is 10.4 Å². The Kier molecular flexibility index (Phi) is 4.22. The van der Waals surface area contributed by atoms with Crippen LogP contribution in [-0.2, 0) is 4.79 Å². The molecule has 1 saturated heterocycles. The number of amides is 1. The zero-order chi connectivity index (χ0) is 10.4. The van der Waals surface area contributed by atoms with Gasteiger partial charge in [0.15, 0.2) is 0 Å². The largest absolute Gasteiger partial charge is 0.341 e. The fraction of sp³-hybridized carbons (Fsp3) is 0.875. The predicted molar refractivity (Wildman–Crippen MR) is 52.7 cm³/mol. The smallest absolute Gasteiger partial charge is 0.223 e. The van der Waals surface area contributed by atoms with Crippen molar-refractivity contribution in [1.82, 2.24) is 9.80 Å². The third-order valence-electron chi connectivity index (χ3n) is 2.34. The van der Waals surface area contributed by atoms with Crippen molar-refractivity contribution in [3.8, 4) is 0 Å². The van der Waals surface area contributed by atoms with Crippen molar-refractivity contribution in [2.24, 2.45) is 5.11 Å². The highest BCUT2D eigenvalue weighted by Crippen LogP contribution is 2.02. The topological polar surface area (TPSA) is 72.3 Å². The van der Waals surface area contributed by atoms with Gasteiger partial charge in [0.2, 0.25) is 5.91 Å². The Hall–Kier alpha value is -1.26. The van der Waals surface area contributed by atoms with Crippen molar-refractivity contribution in [2.45, 2.75) is 6.42 Å². The van der Waals surface area contributed by atoms with E-state index in [9.17, 15) is 4.79 Å². The zero-order valence-electron chi connectivity index (χ0n) is 8.39. The Morgan fingerprint density at radius 2 is 2.29 bits per heavy atom. The molecule has 0 radical (unpaired) electrons. The molecule has 0 N–H and O–H groups in total. The van der Waals surface area contributed by atoms with Crippen LogP contribution in [0, 0.1) is 0 Å². The van der Waals surface area contributed by atoms with E-state index < -0.39 is 0 Å². The number of carbonyl (C=O) groups is 1. The van der Waals surface area contributed by atoms with Gasteiger partial charge in [-0.15, -0.1) is 0 Å². The minimum atomic E-state index is 0.155. The van der Waals surface area contributed by atoms with Crippen LogP contribution in [0.3, 0.4) is 0 Å². The minimum absolute atomic E-state index is 0.155. The lowest BCUT2D eigenvalue weighted by molar-refractivity contribution is -0.130.